The summed E-state index contributed by atoms with van der Waals surface area (Å²) in [6, 6.07) is 9.81. The van der Waals surface area contributed by atoms with Gasteiger partial charge in [0.15, 0.2) is 0 Å². The van der Waals surface area contributed by atoms with Crippen LogP contribution in [-0.4, -0.2) is 16.5 Å². The molecule has 0 aliphatic rings. The van der Waals surface area contributed by atoms with Crippen LogP contribution in [0.3, 0.4) is 0 Å². The van der Waals surface area contributed by atoms with E-state index in [-0.39, 0.29) is 0 Å². The molecule has 5 heteroatoms. The van der Waals surface area contributed by atoms with Crippen LogP contribution < -0.4 is 10.6 Å². The summed E-state index contributed by atoms with van der Waals surface area (Å²) in [5.41, 5.74) is 2.35. The molecule has 1 aromatic carbocycles. The molecule has 0 saturated carbocycles. The molecule has 0 atom stereocenters. The van der Waals surface area contributed by atoms with Crippen molar-refractivity contribution in [2.24, 2.45) is 0 Å². The third-order valence-electron chi connectivity index (χ3n) is 3.09. The van der Waals surface area contributed by atoms with E-state index < -0.39 is 0 Å². The van der Waals surface area contributed by atoms with Gasteiger partial charge in [0.05, 0.1) is 11.3 Å². The number of anilines is 3. The summed E-state index contributed by atoms with van der Waals surface area (Å²) in [7, 11) is 0. The minimum absolute atomic E-state index is 0.638. The Morgan fingerprint density at radius 2 is 1.95 bits per heavy atom. The second-order valence-electron chi connectivity index (χ2n) is 4.67. The van der Waals surface area contributed by atoms with Crippen molar-refractivity contribution in [1.29, 1.82) is 5.26 Å². The number of nitrogens with zero attached hydrogens (tertiary/aromatic N) is 3. The molecule has 2 N–H and O–H groups in total. The largest absolute Gasteiger partial charge is 0.370 e. The van der Waals surface area contributed by atoms with Gasteiger partial charge in [-0.05, 0) is 25.5 Å². The number of aryl methyl sites for hydroxylation is 2. The smallest absolute Gasteiger partial charge is 0.136 e. The predicted molar refractivity (Wildman–Crippen MR) is 84.8 cm³/mol. The molecule has 0 bridgehead atoms. The Labute approximate surface area is 125 Å². The van der Waals surface area contributed by atoms with Gasteiger partial charge in [-0.1, -0.05) is 19.1 Å². The fourth-order valence-corrected chi connectivity index (χ4v) is 2.05. The monoisotopic (exact) mass is 281 g/mol. The molecule has 2 aromatic rings. The van der Waals surface area contributed by atoms with Crippen LogP contribution in [0.2, 0.25) is 0 Å². The van der Waals surface area contributed by atoms with Crippen LogP contribution in [0, 0.1) is 18.3 Å². The molecule has 21 heavy (non-hydrogen) atoms. The Morgan fingerprint density at radius 3 is 2.62 bits per heavy atom. The molecule has 0 amide bonds. The third kappa shape index (κ3) is 3.48. The highest BCUT2D eigenvalue weighted by molar-refractivity contribution is 5.67. The van der Waals surface area contributed by atoms with E-state index in [1.54, 1.807) is 0 Å². The lowest BCUT2D eigenvalue weighted by Gasteiger charge is -2.12. The maximum atomic E-state index is 9.28. The molecule has 0 radical (unpaired) electrons. The van der Waals surface area contributed by atoms with E-state index in [0.29, 0.717) is 11.4 Å². The summed E-state index contributed by atoms with van der Waals surface area (Å²) in [5.74, 6) is 2.25. The lowest BCUT2D eigenvalue weighted by molar-refractivity contribution is 0.939. The van der Waals surface area contributed by atoms with Gasteiger partial charge in [-0.3, -0.25) is 0 Å². The van der Waals surface area contributed by atoms with Gasteiger partial charge in [0.1, 0.15) is 23.5 Å². The average Bonchev–Trinajstić information content (AvgIpc) is 2.47. The number of hydrogen-bond donors (Lipinski definition) is 2. The van der Waals surface area contributed by atoms with Crippen LogP contribution in [0.25, 0.3) is 0 Å². The van der Waals surface area contributed by atoms with Gasteiger partial charge in [0.2, 0.25) is 0 Å². The first-order valence-electron chi connectivity index (χ1n) is 7.06. The van der Waals surface area contributed by atoms with Gasteiger partial charge in [0.25, 0.3) is 0 Å². The fraction of sp³-hybridized carbons (Fsp3) is 0.312. The van der Waals surface area contributed by atoms with Crippen molar-refractivity contribution >= 4 is 17.3 Å². The van der Waals surface area contributed by atoms with E-state index in [1.165, 1.54) is 0 Å². The lowest BCUT2D eigenvalue weighted by Crippen LogP contribution is -2.06. The second-order valence-corrected chi connectivity index (χ2v) is 4.67. The van der Waals surface area contributed by atoms with Gasteiger partial charge >= 0.3 is 0 Å². The summed E-state index contributed by atoms with van der Waals surface area (Å²) in [6.45, 7) is 6.76. The molecule has 0 fully saturated rings. The van der Waals surface area contributed by atoms with Gasteiger partial charge in [0, 0.05) is 19.0 Å². The standard InChI is InChI=1S/C16H19N5/c1-4-14-20-15(18-5-2)9-16(21-14)19-13-8-6-7-11(3)12(13)10-17/h6-9H,4-5H2,1-3H3,(H2,18,19,20,21). The third-order valence-corrected chi connectivity index (χ3v) is 3.09. The van der Waals surface area contributed by atoms with Crippen molar-refractivity contribution in [2.75, 3.05) is 17.2 Å². The minimum Gasteiger partial charge on any atom is -0.370 e. The molecule has 5 nitrogen and oxygen atoms in total. The van der Waals surface area contributed by atoms with Gasteiger partial charge < -0.3 is 10.6 Å². The molecule has 1 heterocycles. The minimum atomic E-state index is 0.638. The Hall–Kier alpha value is -2.61. The summed E-state index contributed by atoms with van der Waals surface area (Å²) < 4.78 is 0. The summed E-state index contributed by atoms with van der Waals surface area (Å²) >= 11 is 0. The summed E-state index contributed by atoms with van der Waals surface area (Å²) in [5, 5.41) is 15.7. The zero-order valence-electron chi connectivity index (χ0n) is 12.6. The zero-order chi connectivity index (χ0) is 15.2. The summed E-state index contributed by atoms with van der Waals surface area (Å²) in [4.78, 5) is 8.88. The highest BCUT2D eigenvalue weighted by atomic mass is 15.1. The van der Waals surface area contributed by atoms with E-state index >= 15 is 0 Å². The van der Waals surface area contributed by atoms with Gasteiger partial charge in [-0.2, -0.15) is 5.26 Å². The number of nitrogens with one attached hydrogen (secondary N) is 2. The van der Waals surface area contributed by atoms with Crippen LogP contribution in [0.5, 0.6) is 0 Å². The van der Waals surface area contributed by atoms with Crippen molar-refractivity contribution in [1.82, 2.24) is 9.97 Å². The first-order valence-corrected chi connectivity index (χ1v) is 7.06. The fourth-order valence-electron chi connectivity index (χ4n) is 2.05. The summed E-state index contributed by atoms with van der Waals surface area (Å²) in [6.07, 6.45) is 0.757. The molecule has 108 valence electrons. The van der Waals surface area contributed by atoms with Crippen LogP contribution in [0.15, 0.2) is 24.3 Å². The number of aromatic nitrogens is 2. The van der Waals surface area contributed by atoms with Crippen LogP contribution in [-0.2, 0) is 6.42 Å². The molecule has 0 spiro atoms. The van der Waals surface area contributed by atoms with Gasteiger partial charge in [-0.25, -0.2) is 9.97 Å². The maximum Gasteiger partial charge on any atom is 0.136 e. The normalized spacial score (nSPS) is 10.0. The number of rotatable bonds is 5. The zero-order valence-corrected chi connectivity index (χ0v) is 12.6. The molecule has 0 aliphatic carbocycles. The quantitative estimate of drug-likeness (QED) is 0.878. The topological polar surface area (TPSA) is 73.6 Å². The molecule has 2 rings (SSSR count). The van der Waals surface area contributed by atoms with E-state index in [1.807, 2.05) is 45.0 Å². The van der Waals surface area contributed by atoms with E-state index in [4.69, 9.17) is 0 Å². The maximum absolute atomic E-state index is 9.28. The average molecular weight is 281 g/mol. The molecule has 0 aliphatic heterocycles. The Balaban J connectivity index is 2.37. The van der Waals surface area contributed by atoms with Crippen molar-refractivity contribution in [2.45, 2.75) is 27.2 Å². The highest BCUT2D eigenvalue weighted by Gasteiger charge is 2.08. The Morgan fingerprint density at radius 1 is 1.19 bits per heavy atom. The predicted octanol–water partition coefficient (Wildman–Crippen LogP) is 3.39. The first kappa shape index (κ1) is 14.8. The van der Waals surface area contributed by atoms with Crippen molar-refractivity contribution in [3.05, 3.63) is 41.2 Å². The van der Waals surface area contributed by atoms with Crippen LogP contribution in [0.4, 0.5) is 17.3 Å². The Kier molecular flexibility index (Phi) is 4.72. The molecule has 0 saturated heterocycles. The SMILES string of the molecule is CCNc1cc(Nc2cccc(C)c2C#N)nc(CC)n1. The molecule has 0 unspecified atom stereocenters. The van der Waals surface area contributed by atoms with Crippen LogP contribution >= 0.6 is 0 Å². The van der Waals surface area contributed by atoms with Crippen LogP contribution in [0.1, 0.15) is 30.8 Å². The highest BCUT2D eigenvalue weighted by Crippen LogP contribution is 2.23. The van der Waals surface area contributed by atoms with Crippen molar-refractivity contribution in [3.63, 3.8) is 0 Å². The van der Waals surface area contributed by atoms with Crippen molar-refractivity contribution in [3.8, 4) is 6.07 Å². The second kappa shape index (κ2) is 6.71. The van der Waals surface area contributed by atoms with E-state index in [0.717, 1.165) is 35.9 Å². The lowest BCUT2D eigenvalue weighted by atomic mass is 10.1. The first-order chi connectivity index (χ1) is 10.2. The number of hydrogen-bond acceptors (Lipinski definition) is 5. The van der Waals surface area contributed by atoms with E-state index in [9.17, 15) is 5.26 Å². The van der Waals surface area contributed by atoms with Gasteiger partial charge in [-0.15, -0.1) is 0 Å². The molecular weight excluding hydrogens is 262 g/mol. The Bertz CT molecular complexity index is 673. The number of benzene rings is 1. The molecule has 1 aromatic heterocycles. The van der Waals surface area contributed by atoms with Crippen molar-refractivity contribution < 1.29 is 0 Å². The number of nitriles is 1. The molecular formula is C16H19N5. The van der Waals surface area contributed by atoms with E-state index in [2.05, 4.69) is 26.7 Å².